The molecule has 0 spiro atoms. The molecule has 1 fully saturated rings. The Labute approximate surface area is 249 Å². The van der Waals surface area contributed by atoms with E-state index in [0.717, 1.165) is 52.4 Å². The minimum atomic E-state index is -0.569. The molecule has 0 saturated carbocycles. The van der Waals surface area contributed by atoms with Gasteiger partial charge in [-0.25, -0.2) is 9.78 Å². The molecule has 0 aliphatic carbocycles. The number of aromatic nitrogens is 1. The van der Waals surface area contributed by atoms with Gasteiger partial charge in [-0.2, -0.15) is 0 Å². The van der Waals surface area contributed by atoms with Gasteiger partial charge in [0.25, 0.3) is 0 Å². The number of pyridine rings is 1. The summed E-state index contributed by atoms with van der Waals surface area (Å²) in [5.41, 5.74) is 4.27. The monoisotopic (exact) mass is 583 g/mol. The van der Waals surface area contributed by atoms with E-state index < -0.39 is 11.3 Å². The van der Waals surface area contributed by atoms with Crippen LogP contribution in [0.25, 0.3) is 0 Å². The van der Waals surface area contributed by atoms with Crippen molar-refractivity contribution in [2.75, 3.05) is 18.0 Å². The van der Waals surface area contributed by atoms with Crippen LogP contribution in [0, 0.1) is 6.92 Å². The number of anilines is 2. The minimum Gasteiger partial charge on any atom is -0.457 e. The van der Waals surface area contributed by atoms with Gasteiger partial charge in [-0.1, -0.05) is 43.5 Å². The lowest BCUT2D eigenvalue weighted by atomic mass is 9.98. The molecule has 4 amide bonds. The molecule has 42 heavy (non-hydrogen) atoms. The Morgan fingerprint density at radius 1 is 1.21 bits per heavy atom. The molecule has 6 rings (SSSR count). The summed E-state index contributed by atoms with van der Waals surface area (Å²) in [4.78, 5) is 47.2. The third-order valence-corrected chi connectivity index (χ3v) is 9.30. The van der Waals surface area contributed by atoms with Gasteiger partial charge in [0.15, 0.2) is 0 Å². The molecule has 3 aromatic rings. The molecule has 1 aromatic heterocycles. The van der Waals surface area contributed by atoms with Gasteiger partial charge in [-0.15, -0.1) is 0 Å². The number of benzene rings is 2. The number of ether oxygens (including phenoxy) is 1. The number of amides is 4. The van der Waals surface area contributed by atoms with Gasteiger partial charge in [0.2, 0.25) is 11.8 Å². The Balaban J connectivity index is 1.23. The number of aryl methyl sites for hydroxylation is 2. The topological polar surface area (TPSA) is 104 Å². The van der Waals surface area contributed by atoms with Gasteiger partial charge in [0.05, 0.1) is 17.4 Å². The zero-order valence-electron chi connectivity index (χ0n) is 23.6. The number of hydrogen-bond donors (Lipinski definition) is 2. The average molecular weight is 584 g/mol. The highest BCUT2D eigenvalue weighted by molar-refractivity contribution is 8.01. The van der Waals surface area contributed by atoms with Crippen LogP contribution in [0.2, 0.25) is 0 Å². The first-order valence-corrected chi connectivity index (χ1v) is 15.1. The highest BCUT2D eigenvalue weighted by atomic mass is 32.2. The predicted octanol–water partition coefficient (Wildman–Crippen LogP) is 5.41. The molecule has 2 aromatic carbocycles. The number of nitrogens with zero attached hydrogens (tertiary/aromatic N) is 3. The Morgan fingerprint density at radius 2 is 2.05 bits per heavy atom. The molecule has 0 bridgehead atoms. The molecular weight excluding hydrogens is 550 g/mol. The lowest BCUT2D eigenvalue weighted by molar-refractivity contribution is -0.129. The lowest BCUT2D eigenvalue weighted by Gasteiger charge is -2.36. The lowest BCUT2D eigenvalue weighted by Crippen LogP contribution is -2.53. The smallest absolute Gasteiger partial charge is 0.327 e. The quantitative estimate of drug-likeness (QED) is 0.361. The maximum atomic E-state index is 13.6. The number of nitrogens with one attached hydrogen (secondary N) is 2. The van der Waals surface area contributed by atoms with Gasteiger partial charge in [0.1, 0.15) is 21.8 Å². The van der Waals surface area contributed by atoms with Crippen LogP contribution in [0.1, 0.15) is 42.5 Å². The van der Waals surface area contributed by atoms with Crippen molar-refractivity contribution < 1.29 is 19.1 Å². The second kappa shape index (κ2) is 11.5. The van der Waals surface area contributed by atoms with Crippen molar-refractivity contribution in [2.45, 2.75) is 55.5 Å². The molecule has 2 N–H and O–H groups in total. The van der Waals surface area contributed by atoms with Crippen molar-refractivity contribution in [1.29, 1.82) is 0 Å². The molecule has 0 radical (unpaired) electrons. The van der Waals surface area contributed by atoms with Gasteiger partial charge in [-0.05, 0) is 73.7 Å². The summed E-state index contributed by atoms with van der Waals surface area (Å²) in [7, 11) is 0. The second-order valence-corrected chi connectivity index (χ2v) is 11.8. The van der Waals surface area contributed by atoms with E-state index >= 15 is 0 Å². The number of piperidine rings is 1. The summed E-state index contributed by atoms with van der Waals surface area (Å²) in [6, 6.07) is 14.5. The first kappa shape index (κ1) is 27.8. The van der Waals surface area contributed by atoms with E-state index in [4.69, 9.17) is 4.74 Å². The number of hydrogen-bond acceptors (Lipinski definition) is 6. The average Bonchev–Trinajstić information content (AvgIpc) is 3.37. The molecule has 9 nitrogen and oxygen atoms in total. The molecule has 4 heterocycles. The van der Waals surface area contributed by atoms with Crippen molar-refractivity contribution >= 4 is 41.0 Å². The van der Waals surface area contributed by atoms with Crippen molar-refractivity contribution in [2.24, 2.45) is 0 Å². The van der Waals surface area contributed by atoms with E-state index in [1.165, 1.54) is 17.8 Å². The van der Waals surface area contributed by atoms with Crippen LogP contribution in [0.4, 0.5) is 16.2 Å². The zero-order chi connectivity index (χ0) is 29.4. The van der Waals surface area contributed by atoms with Crippen LogP contribution in [0.5, 0.6) is 11.5 Å². The van der Waals surface area contributed by atoms with Crippen molar-refractivity contribution in [3.63, 3.8) is 0 Å². The van der Waals surface area contributed by atoms with Crippen molar-refractivity contribution in [3.8, 4) is 11.5 Å². The van der Waals surface area contributed by atoms with E-state index in [-0.39, 0.29) is 23.9 Å². The second-order valence-electron chi connectivity index (χ2n) is 10.7. The van der Waals surface area contributed by atoms with Gasteiger partial charge < -0.3 is 20.3 Å². The van der Waals surface area contributed by atoms with E-state index in [1.54, 1.807) is 16.0 Å². The van der Waals surface area contributed by atoms with Crippen LogP contribution in [-0.4, -0.2) is 52.1 Å². The van der Waals surface area contributed by atoms with Gasteiger partial charge >= 0.3 is 6.03 Å². The minimum absolute atomic E-state index is 0.134. The first-order valence-electron chi connectivity index (χ1n) is 14.2. The third-order valence-electron chi connectivity index (χ3n) is 8.01. The fourth-order valence-electron chi connectivity index (χ4n) is 5.94. The molecule has 216 valence electrons. The zero-order valence-corrected chi connectivity index (χ0v) is 24.4. The van der Waals surface area contributed by atoms with Gasteiger partial charge in [0, 0.05) is 30.9 Å². The number of para-hydroxylation sites is 1. The van der Waals surface area contributed by atoms with E-state index in [0.29, 0.717) is 24.5 Å². The molecule has 2 unspecified atom stereocenters. The largest absolute Gasteiger partial charge is 0.457 e. The predicted molar refractivity (Wildman–Crippen MR) is 162 cm³/mol. The summed E-state index contributed by atoms with van der Waals surface area (Å²) in [5.74, 6) is 1.19. The number of carbonyl (C=O) groups is 3. The summed E-state index contributed by atoms with van der Waals surface area (Å²) in [6.07, 6.45) is 5.43. The van der Waals surface area contributed by atoms with Crippen LogP contribution in [0.3, 0.4) is 0 Å². The van der Waals surface area contributed by atoms with Crippen LogP contribution < -0.4 is 20.3 Å². The van der Waals surface area contributed by atoms with E-state index in [9.17, 15) is 14.4 Å². The summed E-state index contributed by atoms with van der Waals surface area (Å²) >= 11 is 1.36. The molecule has 3 aliphatic heterocycles. The van der Waals surface area contributed by atoms with E-state index in [2.05, 4.69) is 29.1 Å². The summed E-state index contributed by atoms with van der Waals surface area (Å²) in [5, 5.41) is 6.36. The number of likely N-dealkylation sites (tertiary alicyclic amines) is 1. The SMILES string of the molecule is C=CC(=O)N1CCCC(NC(=O)[C@@H]2Sc3nccc4c3C2NC(=O)N4c2ccc(Oc3ccccc3CC)cc2C)C1. The molecular formula is C32H33N5O4S. The number of urea groups is 1. The molecule has 10 heteroatoms. The van der Waals surface area contributed by atoms with E-state index in [1.807, 2.05) is 55.5 Å². The fourth-order valence-corrected chi connectivity index (χ4v) is 7.17. The Hall–Kier alpha value is -4.31. The van der Waals surface area contributed by atoms with Gasteiger partial charge in [-0.3, -0.25) is 14.5 Å². The summed E-state index contributed by atoms with van der Waals surface area (Å²) in [6.45, 7) is 8.71. The van der Waals surface area contributed by atoms with Crippen molar-refractivity contribution in [1.82, 2.24) is 20.5 Å². The Bertz CT molecular complexity index is 1580. The third kappa shape index (κ3) is 5.11. The number of carbonyl (C=O) groups excluding carboxylic acids is 3. The summed E-state index contributed by atoms with van der Waals surface area (Å²) < 4.78 is 6.19. The Morgan fingerprint density at radius 3 is 2.83 bits per heavy atom. The highest BCUT2D eigenvalue weighted by Crippen LogP contribution is 2.51. The maximum absolute atomic E-state index is 13.6. The number of thioether (sulfide) groups is 1. The standard InChI is InChI=1S/C32H33N5O4S/c1-4-20-9-6-7-11-25(20)41-22-12-13-23(19(3)17-22)37-24-14-15-33-31-27(24)28(35-32(37)40)29(42-31)30(39)34-21-10-8-16-36(18-21)26(38)5-2/h5-7,9,11-15,17,21,28-29H,2,4,8,10,16,18H2,1,3H3,(H,34,39)(H,35,40)/t21?,28?,29-/m1/s1. The highest BCUT2D eigenvalue weighted by Gasteiger charge is 2.47. The molecule has 3 aliphatic rings. The van der Waals surface area contributed by atoms with Crippen molar-refractivity contribution in [3.05, 3.63) is 84.1 Å². The van der Waals surface area contributed by atoms with Crippen LogP contribution >= 0.6 is 11.8 Å². The Kier molecular flexibility index (Phi) is 7.64. The molecule has 3 atom stereocenters. The number of rotatable bonds is 7. The fraction of sp³-hybridized carbons (Fsp3) is 0.312. The van der Waals surface area contributed by atoms with Crippen LogP contribution in [-0.2, 0) is 16.0 Å². The molecule has 1 saturated heterocycles. The first-order chi connectivity index (χ1) is 20.4. The normalized spacial score (nSPS) is 20.9. The maximum Gasteiger partial charge on any atom is 0.327 e. The van der Waals surface area contributed by atoms with Crippen LogP contribution in [0.15, 0.2) is 72.4 Å².